The van der Waals surface area contributed by atoms with E-state index in [9.17, 15) is 0 Å². The predicted molar refractivity (Wildman–Crippen MR) is 62.4 cm³/mol. The summed E-state index contributed by atoms with van der Waals surface area (Å²) in [7, 11) is 0. The standard InChI is InChI=1S/C13H14N2/c1-2-10-12-8-5-9-15(12)13-7-4-3-6-11(13)14-10/h3-10,14H,2H2,1H3/t10-/m1/s1. The molecule has 0 aliphatic carbocycles. The van der Waals surface area contributed by atoms with Gasteiger partial charge in [0.2, 0.25) is 0 Å². The Morgan fingerprint density at radius 3 is 2.93 bits per heavy atom. The summed E-state index contributed by atoms with van der Waals surface area (Å²) in [6.45, 7) is 2.21. The summed E-state index contributed by atoms with van der Waals surface area (Å²) in [5.41, 5.74) is 3.84. The van der Waals surface area contributed by atoms with E-state index >= 15 is 0 Å². The van der Waals surface area contributed by atoms with E-state index in [1.807, 2.05) is 0 Å². The van der Waals surface area contributed by atoms with Gasteiger partial charge in [-0.25, -0.2) is 0 Å². The van der Waals surface area contributed by atoms with Crippen molar-refractivity contribution in [2.75, 3.05) is 5.32 Å². The molecule has 0 fully saturated rings. The number of anilines is 1. The van der Waals surface area contributed by atoms with Gasteiger partial charge in [-0.3, -0.25) is 0 Å². The zero-order valence-corrected chi connectivity index (χ0v) is 8.77. The molecule has 0 saturated heterocycles. The molecule has 1 aliphatic rings. The summed E-state index contributed by atoms with van der Waals surface area (Å²) in [4.78, 5) is 0. The first-order valence-electron chi connectivity index (χ1n) is 5.43. The third-order valence-electron chi connectivity index (χ3n) is 3.04. The average molecular weight is 198 g/mol. The summed E-state index contributed by atoms with van der Waals surface area (Å²) in [5.74, 6) is 0. The van der Waals surface area contributed by atoms with Gasteiger partial charge in [0.15, 0.2) is 0 Å². The van der Waals surface area contributed by atoms with Crippen LogP contribution >= 0.6 is 0 Å². The van der Waals surface area contributed by atoms with Gasteiger partial charge in [-0.2, -0.15) is 0 Å². The number of hydrogen-bond donors (Lipinski definition) is 1. The van der Waals surface area contributed by atoms with Crippen LogP contribution in [0.2, 0.25) is 0 Å². The normalized spacial score (nSPS) is 17.8. The fraction of sp³-hybridized carbons (Fsp3) is 0.231. The van der Waals surface area contributed by atoms with Crippen molar-refractivity contribution in [3.8, 4) is 5.69 Å². The molecule has 0 amide bonds. The van der Waals surface area contributed by atoms with Crippen molar-refractivity contribution >= 4 is 5.69 Å². The van der Waals surface area contributed by atoms with Gasteiger partial charge >= 0.3 is 0 Å². The van der Waals surface area contributed by atoms with Crippen molar-refractivity contribution in [1.82, 2.24) is 4.57 Å². The molecule has 0 unspecified atom stereocenters. The van der Waals surface area contributed by atoms with Gasteiger partial charge in [0.25, 0.3) is 0 Å². The third kappa shape index (κ3) is 1.18. The van der Waals surface area contributed by atoms with Gasteiger partial charge < -0.3 is 9.88 Å². The Labute approximate surface area is 89.5 Å². The number of fused-ring (bicyclic) bond motifs is 3. The maximum absolute atomic E-state index is 3.57. The molecule has 0 bridgehead atoms. The molecule has 0 saturated carbocycles. The summed E-state index contributed by atoms with van der Waals surface area (Å²) in [5, 5.41) is 3.57. The topological polar surface area (TPSA) is 17.0 Å². The van der Waals surface area contributed by atoms with E-state index in [-0.39, 0.29) is 0 Å². The first-order valence-corrected chi connectivity index (χ1v) is 5.43. The van der Waals surface area contributed by atoms with Crippen LogP contribution in [-0.4, -0.2) is 4.57 Å². The Kier molecular flexibility index (Phi) is 1.81. The largest absolute Gasteiger partial charge is 0.375 e. The molecule has 0 radical (unpaired) electrons. The molecule has 1 aromatic heterocycles. The third-order valence-corrected chi connectivity index (χ3v) is 3.04. The second kappa shape index (κ2) is 3.16. The molecule has 2 heterocycles. The second-order valence-corrected chi connectivity index (χ2v) is 3.93. The van der Waals surface area contributed by atoms with E-state index < -0.39 is 0 Å². The second-order valence-electron chi connectivity index (χ2n) is 3.93. The van der Waals surface area contributed by atoms with Crippen molar-refractivity contribution in [3.63, 3.8) is 0 Å². The van der Waals surface area contributed by atoms with E-state index in [0.29, 0.717) is 6.04 Å². The van der Waals surface area contributed by atoms with Crippen LogP contribution in [-0.2, 0) is 0 Å². The number of rotatable bonds is 1. The first kappa shape index (κ1) is 8.60. The minimum atomic E-state index is 0.440. The van der Waals surface area contributed by atoms with E-state index in [1.54, 1.807) is 0 Å². The van der Waals surface area contributed by atoms with Crippen LogP contribution in [0.5, 0.6) is 0 Å². The predicted octanol–water partition coefficient (Wildman–Crippen LogP) is 3.35. The highest BCUT2D eigenvalue weighted by molar-refractivity contribution is 5.65. The van der Waals surface area contributed by atoms with Gasteiger partial charge in [0.1, 0.15) is 0 Å². The molecule has 2 nitrogen and oxygen atoms in total. The zero-order valence-electron chi connectivity index (χ0n) is 8.77. The van der Waals surface area contributed by atoms with Crippen molar-refractivity contribution in [3.05, 3.63) is 48.3 Å². The van der Waals surface area contributed by atoms with Gasteiger partial charge in [0, 0.05) is 11.9 Å². The average Bonchev–Trinajstić information content (AvgIpc) is 2.77. The van der Waals surface area contributed by atoms with E-state index in [2.05, 4.69) is 59.4 Å². The Bertz CT molecular complexity index is 485. The minimum absolute atomic E-state index is 0.440. The van der Waals surface area contributed by atoms with Crippen LogP contribution in [0.4, 0.5) is 5.69 Å². The fourth-order valence-corrected chi connectivity index (χ4v) is 2.28. The van der Waals surface area contributed by atoms with Crippen LogP contribution in [0.15, 0.2) is 42.6 Å². The number of para-hydroxylation sites is 2. The Morgan fingerprint density at radius 1 is 1.20 bits per heavy atom. The number of benzene rings is 1. The first-order chi connectivity index (χ1) is 7.40. The summed E-state index contributed by atoms with van der Waals surface area (Å²) >= 11 is 0. The summed E-state index contributed by atoms with van der Waals surface area (Å²) in [6.07, 6.45) is 3.25. The lowest BCUT2D eigenvalue weighted by Gasteiger charge is -2.28. The van der Waals surface area contributed by atoms with Crippen LogP contribution in [0.25, 0.3) is 5.69 Å². The highest BCUT2D eigenvalue weighted by Crippen LogP contribution is 2.34. The Hall–Kier alpha value is -1.70. The number of aromatic nitrogens is 1. The summed E-state index contributed by atoms with van der Waals surface area (Å²) in [6, 6.07) is 13.2. The van der Waals surface area contributed by atoms with Gasteiger partial charge in [0.05, 0.1) is 17.4 Å². The number of hydrogen-bond acceptors (Lipinski definition) is 1. The monoisotopic (exact) mass is 198 g/mol. The lowest BCUT2D eigenvalue weighted by Crippen LogP contribution is -2.20. The minimum Gasteiger partial charge on any atom is -0.375 e. The van der Waals surface area contributed by atoms with Gasteiger partial charge in [-0.15, -0.1) is 0 Å². The maximum Gasteiger partial charge on any atom is 0.0686 e. The molecule has 76 valence electrons. The number of nitrogens with zero attached hydrogens (tertiary/aromatic N) is 1. The molecule has 1 N–H and O–H groups in total. The van der Waals surface area contributed by atoms with Crippen molar-refractivity contribution < 1.29 is 0 Å². The van der Waals surface area contributed by atoms with Gasteiger partial charge in [-0.1, -0.05) is 19.1 Å². The Balaban J connectivity index is 2.22. The molecule has 1 atom stereocenters. The highest BCUT2D eigenvalue weighted by Gasteiger charge is 2.21. The lowest BCUT2D eigenvalue weighted by atomic mass is 10.1. The molecule has 0 spiro atoms. The molecule has 15 heavy (non-hydrogen) atoms. The van der Waals surface area contributed by atoms with Crippen LogP contribution in [0.1, 0.15) is 25.1 Å². The van der Waals surface area contributed by atoms with E-state index in [4.69, 9.17) is 0 Å². The summed E-state index contributed by atoms with van der Waals surface area (Å²) < 4.78 is 2.28. The maximum atomic E-state index is 3.57. The van der Waals surface area contributed by atoms with Crippen LogP contribution in [0.3, 0.4) is 0 Å². The van der Waals surface area contributed by atoms with Crippen molar-refractivity contribution in [2.45, 2.75) is 19.4 Å². The molecular weight excluding hydrogens is 184 g/mol. The molecule has 1 aliphatic heterocycles. The van der Waals surface area contributed by atoms with Crippen molar-refractivity contribution in [2.24, 2.45) is 0 Å². The molecule has 2 aromatic rings. The fourth-order valence-electron chi connectivity index (χ4n) is 2.28. The van der Waals surface area contributed by atoms with Crippen LogP contribution < -0.4 is 5.32 Å². The quantitative estimate of drug-likeness (QED) is 0.743. The smallest absolute Gasteiger partial charge is 0.0686 e. The molecule has 2 heteroatoms. The van der Waals surface area contributed by atoms with E-state index in [0.717, 1.165) is 6.42 Å². The van der Waals surface area contributed by atoms with E-state index in [1.165, 1.54) is 17.1 Å². The molecule has 3 rings (SSSR count). The van der Waals surface area contributed by atoms with Gasteiger partial charge in [-0.05, 0) is 30.7 Å². The lowest BCUT2D eigenvalue weighted by molar-refractivity contribution is 0.686. The SMILES string of the molecule is CC[C@H]1Nc2ccccc2-n2cccc21. The Morgan fingerprint density at radius 2 is 2.07 bits per heavy atom. The molecular formula is C13H14N2. The van der Waals surface area contributed by atoms with Crippen molar-refractivity contribution in [1.29, 1.82) is 0 Å². The zero-order chi connectivity index (χ0) is 10.3. The molecule has 1 aromatic carbocycles. The number of nitrogens with one attached hydrogen (secondary N) is 1. The van der Waals surface area contributed by atoms with Crippen LogP contribution in [0, 0.1) is 0 Å². The highest BCUT2D eigenvalue weighted by atomic mass is 15.1.